The summed E-state index contributed by atoms with van der Waals surface area (Å²) in [5, 5.41) is 4.21. The van der Waals surface area contributed by atoms with Crippen LogP contribution >= 0.6 is 11.6 Å². The minimum absolute atomic E-state index is 0.178. The second-order valence-electron chi connectivity index (χ2n) is 8.28. The number of carbonyl (C=O) groups is 1. The number of aromatic nitrogens is 1. The van der Waals surface area contributed by atoms with Gasteiger partial charge < -0.3 is 19.7 Å². The highest BCUT2D eigenvalue weighted by atomic mass is 35.5. The van der Waals surface area contributed by atoms with Crippen LogP contribution in [0.1, 0.15) is 44.6 Å². The van der Waals surface area contributed by atoms with Crippen molar-refractivity contribution in [3.05, 3.63) is 47.1 Å². The lowest BCUT2D eigenvalue weighted by Crippen LogP contribution is -2.44. The Balaban J connectivity index is 1.74. The molecule has 0 radical (unpaired) electrons. The minimum atomic E-state index is -0.591. The highest BCUT2D eigenvalue weighted by molar-refractivity contribution is 6.30. The van der Waals surface area contributed by atoms with E-state index in [-0.39, 0.29) is 5.97 Å². The molecule has 2 fully saturated rings. The molecule has 166 valence electrons. The molecule has 2 heterocycles. The van der Waals surface area contributed by atoms with Crippen LogP contribution in [-0.4, -0.2) is 43.9 Å². The Morgan fingerprint density at radius 3 is 2.58 bits per heavy atom. The molecular weight excluding hydrogens is 414 g/mol. The van der Waals surface area contributed by atoms with Crippen LogP contribution in [0.2, 0.25) is 5.02 Å². The molecule has 1 saturated carbocycles. The average molecular weight is 444 g/mol. The smallest absolute Gasteiger partial charge is 0.316 e. The van der Waals surface area contributed by atoms with Crippen LogP contribution < -0.4 is 10.2 Å². The molecule has 1 aliphatic carbocycles. The standard InChI is InChI=1S/C24H30ClN3O3/c1-3-28(20-9-13-31-14-10-20)22-21(27-19-7-5-18(25)6-8-19)15-17(16-26-22)24(11-4-12-24)23(29)30-2/h5-8,15-16,20,27H,3-4,9-14H2,1-2H3. The van der Waals surface area contributed by atoms with Gasteiger partial charge in [-0.2, -0.15) is 0 Å². The van der Waals surface area contributed by atoms with E-state index in [9.17, 15) is 4.79 Å². The molecule has 7 heteroatoms. The van der Waals surface area contributed by atoms with E-state index in [2.05, 4.69) is 23.2 Å². The van der Waals surface area contributed by atoms with Crippen molar-refractivity contribution in [1.82, 2.24) is 4.98 Å². The Labute approximate surface area is 188 Å². The number of hydrogen-bond donors (Lipinski definition) is 1. The quantitative estimate of drug-likeness (QED) is 0.602. The maximum absolute atomic E-state index is 12.6. The zero-order valence-corrected chi connectivity index (χ0v) is 19.0. The van der Waals surface area contributed by atoms with E-state index in [0.717, 1.165) is 74.6 Å². The fraction of sp³-hybridized carbons (Fsp3) is 0.500. The van der Waals surface area contributed by atoms with Gasteiger partial charge in [0.25, 0.3) is 0 Å². The van der Waals surface area contributed by atoms with Gasteiger partial charge in [0.05, 0.1) is 18.2 Å². The van der Waals surface area contributed by atoms with Crippen molar-refractivity contribution in [1.29, 1.82) is 0 Å². The fourth-order valence-electron chi connectivity index (χ4n) is 4.64. The third kappa shape index (κ3) is 4.37. The van der Waals surface area contributed by atoms with E-state index < -0.39 is 5.41 Å². The number of nitrogens with zero attached hydrogens (tertiary/aromatic N) is 2. The number of esters is 1. The van der Waals surface area contributed by atoms with Crippen LogP contribution in [0.25, 0.3) is 0 Å². The van der Waals surface area contributed by atoms with Gasteiger partial charge in [-0.05, 0) is 68.5 Å². The second kappa shape index (κ2) is 9.45. The van der Waals surface area contributed by atoms with E-state index in [1.54, 1.807) is 0 Å². The first kappa shape index (κ1) is 21.9. The molecule has 1 aromatic heterocycles. The summed E-state index contributed by atoms with van der Waals surface area (Å²) in [5.74, 6) is 0.718. The highest BCUT2D eigenvalue weighted by Gasteiger charge is 2.47. The number of anilines is 3. The Morgan fingerprint density at radius 2 is 2.00 bits per heavy atom. The van der Waals surface area contributed by atoms with Crippen LogP contribution in [-0.2, 0) is 19.7 Å². The van der Waals surface area contributed by atoms with Crippen LogP contribution in [0.4, 0.5) is 17.2 Å². The summed E-state index contributed by atoms with van der Waals surface area (Å²) in [4.78, 5) is 19.9. The van der Waals surface area contributed by atoms with Crippen LogP contribution in [0.3, 0.4) is 0 Å². The highest BCUT2D eigenvalue weighted by Crippen LogP contribution is 2.46. The Morgan fingerprint density at radius 1 is 1.29 bits per heavy atom. The summed E-state index contributed by atoms with van der Waals surface area (Å²) < 4.78 is 10.7. The molecule has 0 spiro atoms. The lowest BCUT2D eigenvalue weighted by Gasteiger charge is -2.40. The molecule has 2 aromatic rings. The third-order valence-electron chi connectivity index (χ3n) is 6.57. The van der Waals surface area contributed by atoms with Crippen LogP contribution in [0.15, 0.2) is 36.5 Å². The average Bonchev–Trinajstić information content (AvgIpc) is 2.77. The number of hydrogen-bond acceptors (Lipinski definition) is 6. The molecule has 4 rings (SSSR count). The Hall–Kier alpha value is -2.31. The first-order valence-electron chi connectivity index (χ1n) is 11.0. The fourth-order valence-corrected chi connectivity index (χ4v) is 4.77. The van der Waals surface area contributed by atoms with Crippen LogP contribution in [0.5, 0.6) is 0 Å². The molecule has 31 heavy (non-hydrogen) atoms. The van der Waals surface area contributed by atoms with Gasteiger partial charge >= 0.3 is 5.97 Å². The molecule has 1 aromatic carbocycles. The summed E-state index contributed by atoms with van der Waals surface area (Å²) >= 11 is 6.07. The van der Waals surface area contributed by atoms with E-state index in [4.69, 9.17) is 26.1 Å². The van der Waals surface area contributed by atoms with E-state index in [1.165, 1.54) is 7.11 Å². The van der Waals surface area contributed by atoms with Gasteiger partial charge in [-0.15, -0.1) is 0 Å². The summed E-state index contributed by atoms with van der Waals surface area (Å²) in [6, 6.07) is 10.1. The van der Waals surface area contributed by atoms with Crippen LogP contribution in [0, 0.1) is 0 Å². The van der Waals surface area contributed by atoms with Gasteiger partial charge in [0.1, 0.15) is 0 Å². The zero-order chi connectivity index (χ0) is 21.8. The molecule has 6 nitrogen and oxygen atoms in total. The van der Waals surface area contributed by atoms with Crippen molar-refractivity contribution < 1.29 is 14.3 Å². The molecule has 0 atom stereocenters. The number of pyridine rings is 1. The summed E-state index contributed by atoms with van der Waals surface area (Å²) in [7, 11) is 1.46. The summed E-state index contributed by atoms with van der Waals surface area (Å²) in [6.45, 7) is 4.53. The third-order valence-corrected chi connectivity index (χ3v) is 6.82. The molecule has 0 bridgehead atoms. The molecular formula is C24H30ClN3O3. The summed E-state index contributed by atoms with van der Waals surface area (Å²) in [5.41, 5.74) is 2.14. The first-order chi connectivity index (χ1) is 15.1. The van der Waals surface area contributed by atoms with Crippen molar-refractivity contribution in [2.45, 2.75) is 50.5 Å². The van der Waals surface area contributed by atoms with Gasteiger partial charge in [-0.1, -0.05) is 18.0 Å². The van der Waals surface area contributed by atoms with Gasteiger partial charge in [-0.25, -0.2) is 4.98 Å². The lowest BCUT2D eigenvalue weighted by molar-refractivity contribution is -0.151. The largest absolute Gasteiger partial charge is 0.468 e. The zero-order valence-electron chi connectivity index (χ0n) is 18.2. The molecule has 1 N–H and O–H groups in total. The number of benzene rings is 1. The molecule has 2 aliphatic rings. The number of ether oxygens (including phenoxy) is 2. The van der Waals surface area contributed by atoms with Crippen molar-refractivity contribution in [2.75, 3.05) is 37.1 Å². The van der Waals surface area contributed by atoms with E-state index in [0.29, 0.717) is 11.1 Å². The maximum Gasteiger partial charge on any atom is 0.316 e. The number of methoxy groups -OCH3 is 1. The van der Waals surface area contributed by atoms with Gasteiger partial charge in [0, 0.05) is 42.7 Å². The number of halogens is 1. The lowest BCUT2D eigenvalue weighted by atomic mass is 9.65. The molecule has 0 unspecified atom stereocenters. The second-order valence-corrected chi connectivity index (χ2v) is 8.72. The van der Waals surface area contributed by atoms with Gasteiger partial charge in [-0.3, -0.25) is 4.79 Å². The normalized spacial score (nSPS) is 18.2. The maximum atomic E-state index is 12.6. The first-order valence-corrected chi connectivity index (χ1v) is 11.4. The predicted molar refractivity (Wildman–Crippen MR) is 123 cm³/mol. The number of nitrogens with one attached hydrogen (secondary N) is 1. The topological polar surface area (TPSA) is 63.7 Å². The van der Waals surface area contributed by atoms with Crippen molar-refractivity contribution in [2.24, 2.45) is 0 Å². The Kier molecular flexibility index (Phi) is 6.68. The van der Waals surface area contributed by atoms with E-state index in [1.807, 2.05) is 30.5 Å². The van der Waals surface area contributed by atoms with Gasteiger partial charge in [0.2, 0.25) is 0 Å². The van der Waals surface area contributed by atoms with Crippen molar-refractivity contribution in [3.8, 4) is 0 Å². The predicted octanol–water partition coefficient (Wildman–Crippen LogP) is 5.08. The van der Waals surface area contributed by atoms with Gasteiger partial charge in [0.15, 0.2) is 5.82 Å². The monoisotopic (exact) mass is 443 g/mol. The minimum Gasteiger partial charge on any atom is -0.468 e. The van der Waals surface area contributed by atoms with Crippen molar-refractivity contribution in [3.63, 3.8) is 0 Å². The Bertz CT molecular complexity index is 909. The van der Waals surface area contributed by atoms with Crippen molar-refractivity contribution >= 4 is 34.8 Å². The summed E-state index contributed by atoms with van der Waals surface area (Å²) in [6.07, 6.45) is 6.41. The molecule has 0 amide bonds. The molecule has 1 aliphatic heterocycles. The number of carbonyl (C=O) groups excluding carboxylic acids is 1. The van der Waals surface area contributed by atoms with E-state index >= 15 is 0 Å². The number of rotatable bonds is 7. The molecule has 1 saturated heterocycles. The SMILES string of the molecule is CCN(c1ncc(C2(C(=O)OC)CCC2)cc1Nc1ccc(Cl)cc1)C1CCOCC1.